The van der Waals surface area contributed by atoms with Gasteiger partial charge < -0.3 is 9.84 Å². The van der Waals surface area contributed by atoms with Gasteiger partial charge >= 0.3 is 5.97 Å². The predicted molar refractivity (Wildman–Crippen MR) is 85.7 cm³/mol. The minimum atomic E-state index is -3.50. The fourth-order valence-corrected chi connectivity index (χ4v) is 4.80. The summed E-state index contributed by atoms with van der Waals surface area (Å²) in [7, 11) is -1.89. The summed E-state index contributed by atoms with van der Waals surface area (Å²) in [6.45, 7) is 0.247. The number of aliphatic carboxylic acids is 1. The van der Waals surface area contributed by atoms with E-state index in [9.17, 15) is 18.3 Å². The Balaban J connectivity index is 1.97. The lowest BCUT2D eigenvalue weighted by Crippen LogP contribution is -2.39. The summed E-state index contributed by atoms with van der Waals surface area (Å²) >= 11 is 1.58. The van der Waals surface area contributed by atoms with Crippen molar-refractivity contribution in [1.82, 2.24) is 4.31 Å². The zero-order valence-electron chi connectivity index (χ0n) is 12.4. The number of benzene rings is 1. The Morgan fingerprint density at radius 3 is 2.50 bits per heavy atom. The van der Waals surface area contributed by atoms with Crippen molar-refractivity contribution < 1.29 is 23.1 Å². The molecule has 0 aliphatic carbocycles. The predicted octanol–water partition coefficient (Wildman–Crippen LogP) is 1.42. The molecule has 2 atom stereocenters. The Bertz CT molecular complexity index is 629. The molecule has 1 aliphatic heterocycles. The highest BCUT2D eigenvalue weighted by Gasteiger charge is 2.41. The van der Waals surface area contributed by atoms with Gasteiger partial charge in [0.1, 0.15) is 11.8 Å². The second kappa shape index (κ2) is 6.89. The molecule has 8 heteroatoms. The number of carbonyl (C=O) groups is 1. The maximum Gasteiger partial charge on any atom is 0.322 e. The molecule has 0 aromatic heterocycles. The molecular weight excluding hydrogens is 326 g/mol. The molecule has 0 saturated carbocycles. The maximum atomic E-state index is 11.7. The topological polar surface area (TPSA) is 83.9 Å². The summed E-state index contributed by atoms with van der Waals surface area (Å²) in [5.74, 6) is 0.403. The normalized spacial score (nSPS) is 22.6. The number of nitrogens with zero attached hydrogens (tertiary/aromatic N) is 1. The van der Waals surface area contributed by atoms with Gasteiger partial charge in [-0.25, -0.2) is 8.42 Å². The quantitative estimate of drug-likeness (QED) is 0.839. The van der Waals surface area contributed by atoms with E-state index >= 15 is 0 Å². The van der Waals surface area contributed by atoms with Crippen molar-refractivity contribution in [2.75, 3.05) is 19.9 Å². The van der Waals surface area contributed by atoms with Gasteiger partial charge in [0.2, 0.25) is 10.0 Å². The first-order chi connectivity index (χ1) is 10.3. The molecule has 6 nitrogen and oxygen atoms in total. The first-order valence-corrected chi connectivity index (χ1v) is 9.65. The van der Waals surface area contributed by atoms with Crippen LogP contribution in [0, 0.1) is 0 Å². The molecule has 0 spiro atoms. The van der Waals surface area contributed by atoms with Crippen LogP contribution in [-0.2, 0) is 20.6 Å². The summed E-state index contributed by atoms with van der Waals surface area (Å²) in [5.41, 5.74) is 1.09. The fourth-order valence-electron chi connectivity index (χ4n) is 2.42. The molecule has 122 valence electrons. The van der Waals surface area contributed by atoms with E-state index in [0.29, 0.717) is 12.2 Å². The van der Waals surface area contributed by atoms with E-state index in [2.05, 4.69) is 0 Å². The summed E-state index contributed by atoms with van der Waals surface area (Å²) in [6, 6.07) is 6.68. The van der Waals surface area contributed by atoms with Crippen LogP contribution in [0.25, 0.3) is 0 Å². The molecule has 1 aliphatic rings. The second-order valence-corrected chi connectivity index (χ2v) is 8.43. The van der Waals surface area contributed by atoms with E-state index in [1.54, 1.807) is 18.9 Å². The molecule has 1 saturated heterocycles. The summed E-state index contributed by atoms with van der Waals surface area (Å²) in [6.07, 6.45) is 1.39. The van der Waals surface area contributed by atoms with Crippen molar-refractivity contribution in [2.45, 2.75) is 23.5 Å². The zero-order chi connectivity index (χ0) is 16.3. The molecule has 1 N–H and O–H groups in total. The number of thioether (sulfide) groups is 1. The van der Waals surface area contributed by atoms with Crippen LogP contribution in [0.15, 0.2) is 24.3 Å². The van der Waals surface area contributed by atoms with Crippen molar-refractivity contribution in [1.29, 1.82) is 0 Å². The van der Waals surface area contributed by atoms with Crippen LogP contribution in [0.2, 0.25) is 0 Å². The smallest absolute Gasteiger partial charge is 0.322 e. The van der Waals surface area contributed by atoms with E-state index in [1.807, 2.05) is 24.3 Å². The first kappa shape index (κ1) is 17.1. The van der Waals surface area contributed by atoms with Crippen LogP contribution in [0.3, 0.4) is 0 Å². The number of methoxy groups -OCH3 is 1. The third kappa shape index (κ3) is 4.15. The van der Waals surface area contributed by atoms with Crippen molar-refractivity contribution in [3.8, 4) is 5.75 Å². The lowest BCUT2D eigenvalue weighted by Gasteiger charge is -2.17. The van der Waals surface area contributed by atoms with Gasteiger partial charge in [-0.1, -0.05) is 12.1 Å². The van der Waals surface area contributed by atoms with E-state index in [1.165, 1.54) is 0 Å². The molecule has 0 bridgehead atoms. The van der Waals surface area contributed by atoms with Crippen molar-refractivity contribution in [2.24, 2.45) is 0 Å². The molecule has 1 heterocycles. The van der Waals surface area contributed by atoms with Crippen LogP contribution < -0.4 is 4.74 Å². The van der Waals surface area contributed by atoms with Crippen LogP contribution in [0.4, 0.5) is 0 Å². The van der Waals surface area contributed by atoms with Gasteiger partial charge in [0.05, 0.1) is 13.4 Å². The highest BCUT2D eigenvalue weighted by atomic mass is 32.2. The van der Waals surface area contributed by atoms with Gasteiger partial charge in [-0.2, -0.15) is 16.1 Å². The van der Waals surface area contributed by atoms with Gasteiger partial charge in [0.25, 0.3) is 0 Å². The van der Waals surface area contributed by atoms with E-state index < -0.39 is 22.0 Å². The number of ether oxygens (including phenoxy) is 1. The molecule has 1 aromatic rings. The van der Waals surface area contributed by atoms with Gasteiger partial charge in [-0.3, -0.25) is 4.79 Å². The molecule has 1 fully saturated rings. The Labute approximate surface area is 134 Å². The van der Waals surface area contributed by atoms with Crippen LogP contribution in [0.1, 0.15) is 12.0 Å². The summed E-state index contributed by atoms with van der Waals surface area (Å²) < 4.78 is 29.5. The van der Waals surface area contributed by atoms with E-state index in [4.69, 9.17) is 4.74 Å². The van der Waals surface area contributed by atoms with Crippen LogP contribution in [0.5, 0.6) is 5.75 Å². The van der Waals surface area contributed by atoms with Crippen LogP contribution in [-0.4, -0.2) is 55.0 Å². The summed E-state index contributed by atoms with van der Waals surface area (Å²) in [5, 5.41) is 9.16. The molecule has 0 radical (unpaired) electrons. The molecule has 22 heavy (non-hydrogen) atoms. The Hall–Kier alpha value is -1.25. The van der Waals surface area contributed by atoms with Gasteiger partial charge in [0, 0.05) is 17.5 Å². The third-order valence-corrected chi connectivity index (χ3v) is 6.14. The van der Waals surface area contributed by atoms with E-state index in [-0.39, 0.29) is 11.8 Å². The average Bonchev–Trinajstić information content (AvgIpc) is 2.90. The molecule has 2 rings (SSSR count). The molecule has 0 amide bonds. The Morgan fingerprint density at radius 1 is 1.41 bits per heavy atom. The number of hydrogen-bond acceptors (Lipinski definition) is 5. The highest BCUT2D eigenvalue weighted by molar-refractivity contribution is 7.99. The first-order valence-electron chi connectivity index (χ1n) is 6.75. The zero-order valence-corrected chi connectivity index (χ0v) is 14.1. The molecular formula is C14H19NO5S2. The van der Waals surface area contributed by atoms with Crippen molar-refractivity contribution in [3.63, 3.8) is 0 Å². The van der Waals surface area contributed by atoms with Crippen LogP contribution >= 0.6 is 11.8 Å². The lowest BCUT2D eigenvalue weighted by atomic mass is 10.2. The molecule has 1 aromatic carbocycles. The number of sulfonamides is 1. The van der Waals surface area contributed by atoms with Gasteiger partial charge in [-0.05, 0) is 24.1 Å². The monoisotopic (exact) mass is 345 g/mol. The maximum absolute atomic E-state index is 11.7. The SMILES string of the molecule is COc1ccc(CS[C@@H]2C[C@@H](C(=O)O)N(S(C)(=O)=O)C2)cc1. The highest BCUT2D eigenvalue weighted by Crippen LogP contribution is 2.31. The lowest BCUT2D eigenvalue weighted by molar-refractivity contribution is -0.140. The van der Waals surface area contributed by atoms with Crippen molar-refractivity contribution >= 4 is 27.8 Å². The Kier molecular flexibility index (Phi) is 5.36. The van der Waals surface area contributed by atoms with Gasteiger partial charge in [-0.15, -0.1) is 0 Å². The number of carboxylic acids is 1. The summed E-state index contributed by atoms with van der Waals surface area (Å²) in [4.78, 5) is 11.2. The van der Waals surface area contributed by atoms with E-state index in [0.717, 1.165) is 21.9 Å². The fraction of sp³-hybridized carbons (Fsp3) is 0.500. The molecule has 0 unspecified atom stereocenters. The van der Waals surface area contributed by atoms with Crippen molar-refractivity contribution in [3.05, 3.63) is 29.8 Å². The minimum absolute atomic E-state index is 0.0158. The standard InChI is InChI=1S/C14H19NO5S2/c1-20-11-5-3-10(4-6-11)9-21-12-7-13(14(16)17)15(8-12)22(2,18)19/h3-6,12-13H,7-9H2,1-2H3,(H,16,17)/t12-,13+/m1/s1. The second-order valence-electron chi connectivity index (χ2n) is 5.20. The number of carboxylic acid groups (broad SMARTS) is 1. The number of rotatable bonds is 6. The Morgan fingerprint density at radius 2 is 2.05 bits per heavy atom. The number of hydrogen-bond donors (Lipinski definition) is 1. The van der Waals surface area contributed by atoms with Gasteiger partial charge in [0.15, 0.2) is 0 Å². The third-order valence-electron chi connectivity index (χ3n) is 3.57. The minimum Gasteiger partial charge on any atom is -0.497 e. The average molecular weight is 345 g/mol. The largest absolute Gasteiger partial charge is 0.497 e.